The van der Waals surface area contributed by atoms with Gasteiger partial charge in [-0.3, -0.25) is 4.79 Å². The summed E-state index contributed by atoms with van der Waals surface area (Å²) in [5.41, 5.74) is 3.71. The Morgan fingerprint density at radius 3 is 2.62 bits per heavy atom. The van der Waals surface area contributed by atoms with Crippen LogP contribution in [0, 0.1) is 0 Å². The molecule has 9 nitrogen and oxygen atoms in total. The van der Waals surface area contributed by atoms with Crippen molar-refractivity contribution < 1.29 is 28.6 Å². The fraction of sp³-hybridized carbons (Fsp3) is 0.167. The number of halogens is 1. The maximum absolute atomic E-state index is 12.6. The molecule has 0 saturated carbocycles. The van der Waals surface area contributed by atoms with E-state index in [2.05, 4.69) is 15.8 Å². The Hall–Kier alpha value is -4.11. The third-order valence-electron chi connectivity index (χ3n) is 4.64. The fourth-order valence-corrected chi connectivity index (χ4v) is 3.23. The Labute approximate surface area is 200 Å². The summed E-state index contributed by atoms with van der Waals surface area (Å²) in [6, 6.07) is 16.0. The third-order valence-corrected chi connectivity index (χ3v) is 4.97. The lowest BCUT2D eigenvalue weighted by atomic mass is 10.1. The molecule has 1 aromatic heterocycles. The van der Waals surface area contributed by atoms with Crippen molar-refractivity contribution in [3.63, 3.8) is 0 Å². The number of furan rings is 1. The van der Waals surface area contributed by atoms with Crippen LogP contribution in [0.25, 0.3) is 11.3 Å². The van der Waals surface area contributed by atoms with E-state index in [0.717, 1.165) is 5.56 Å². The van der Waals surface area contributed by atoms with E-state index in [4.69, 9.17) is 20.8 Å². The number of hydrogen-bond acceptors (Lipinski definition) is 6. The van der Waals surface area contributed by atoms with E-state index in [1.807, 2.05) is 30.3 Å². The van der Waals surface area contributed by atoms with Crippen LogP contribution in [0.5, 0.6) is 0 Å². The number of nitrogens with zero attached hydrogens (tertiary/aromatic N) is 1. The smallest absolute Gasteiger partial charge is 0.407 e. The lowest BCUT2D eigenvalue weighted by Crippen LogP contribution is -2.47. The zero-order valence-electron chi connectivity index (χ0n) is 18.2. The van der Waals surface area contributed by atoms with Gasteiger partial charge in [-0.1, -0.05) is 41.9 Å². The van der Waals surface area contributed by atoms with Crippen molar-refractivity contribution in [3.8, 4) is 11.3 Å². The minimum atomic E-state index is -1.15. The molecule has 0 saturated heterocycles. The summed E-state index contributed by atoms with van der Waals surface area (Å²) >= 11 is 5.90. The first-order valence-electron chi connectivity index (χ1n) is 10.3. The van der Waals surface area contributed by atoms with Crippen LogP contribution >= 0.6 is 11.6 Å². The van der Waals surface area contributed by atoms with Gasteiger partial charge in [-0.05, 0) is 42.8 Å². The summed E-state index contributed by atoms with van der Waals surface area (Å²) in [5.74, 6) is -0.967. The minimum Gasteiger partial charge on any atom is -0.478 e. The number of carboxylic acids is 1. The van der Waals surface area contributed by atoms with Gasteiger partial charge in [0.1, 0.15) is 17.6 Å². The van der Waals surface area contributed by atoms with E-state index in [1.54, 1.807) is 25.1 Å². The van der Waals surface area contributed by atoms with Gasteiger partial charge < -0.3 is 19.6 Å². The normalized spacial score (nSPS) is 11.7. The SMILES string of the molecule is CCOC(=O)N[C@H](Cc1ccccc1)C(=O)N/N=C\c1ccc(-c2ccc(Cl)c(C(=O)O)c2)o1. The molecule has 3 aromatic rings. The van der Waals surface area contributed by atoms with Gasteiger partial charge in [-0.15, -0.1) is 0 Å². The van der Waals surface area contributed by atoms with Gasteiger partial charge in [0.2, 0.25) is 0 Å². The second-order valence-electron chi connectivity index (χ2n) is 7.04. The molecule has 0 radical (unpaired) electrons. The van der Waals surface area contributed by atoms with Gasteiger partial charge >= 0.3 is 12.1 Å². The van der Waals surface area contributed by atoms with Crippen LogP contribution in [-0.2, 0) is 16.0 Å². The van der Waals surface area contributed by atoms with E-state index in [-0.39, 0.29) is 23.6 Å². The molecule has 3 rings (SSSR count). The number of carbonyl (C=O) groups excluding carboxylic acids is 2. The number of ether oxygens (including phenoxy) is 1. The maximum Gasteiger partial charge on any atom is 0.407 e. The van der Waals surface area contributed by atoms with Crippen LogP contribution in [0.3, 0.4) is 0 Å². The molecule has 0 spiro atoms. The number of aromatic carboxylic acids is 1. The fourth-order valence-electron chi connectivity index (χ4n) is 3.03. The predicted octanol–water partition coefficient (Wildman–Crippen LogP) is 4.11. The summed E-state index contributed by atoms with van der Waals surface area (Å²) < 4.78 is 10.5. The van der Waals surface area contributed by atoms with Crippen LogP contribution in [-0.4, -0.2) is 41.9 Å². The molecule has 2 amide bonds. The minimum absolute atomic E-state index is 0.0448. The monoisotopic (exact) mass is 483 g/mol. The molecule has 0 aliphatic carbocycles. The second kappa shape index (κ2) is 11.7. The topological polar surface area (TPSA) is 130 Å². The van der Waals surface area contributed by atoms with Crippen LogP contribution in [0.1, 0.15) is 28.6 Å². The number of carboxylic acid groups (broad SMARTS) is 1. The Morgan fingerprint density at radius 1 is 1.15 bits per heavy atom. The first-order chi connectivity index (χ1) is 16.4. The van der Waals surface area contributed by atoms with Gasteiger partial charge in [-0.25, -0.2) is 15.0 Å². The molecule has 0 bridgehead atoms. The van der Waals surface area contributed by atoms with Crippen LogP contribution in [0.4, 0.5) is 4.79 Å². The zero-order chi connectivity index (χ0) is 24.5. The van der Waals surface area contributed by atoms with Crippen molar-refractivity contribution in [2.45, 2.75) is 19.4 Å². The molecule has 0 unspecified atom stereocenters. The molecule has 0 aliphatic heterocycles. The first kappa shape index (κ1) is 24.5. The molecular weight excluding hydrogens is 462 g/mol. The van der Waals surface area contributed by atoms with E-state index < -0.39 is 24.0 Å². The van der Waals surface area contributed by atoms with Crippen molar-refractivity contribution in [1.29, 1.82) is 0 Å². The highest BCUT2D eigenvalue weighted by atomic mass is 35.5. The van der Waals surface area contributed by atoms with Gasteiger partial charge in [0.15, 0.2) is 0 Å². The van der Waals surface area contributed by atoms with Crippen LogP contribution < -0.4 is 10.7 Å². The zero-order valence-corrected chi connectivity index (χ0v) is 18.9. The van der Waals surface area contributed by atoms with Gasteiger partial charge in [0, 0.05) is 12.0 Å². The Kier molecular flexibility index (Phi) is 8.42. The number of carbonyl (C=O) groups is 3. The number of amides is 2. The summed E-state index contributed by atoms with van der Waals surface area (Å²) in [4.78, 5) is 35.8. The number of benzene rings is 2. The summed E-state index contributed by atoms with van der Waals surface area (Å²) in [7, 11) is 0. The molecule has 2 aromatic carbocycles. The second-order valence-corrected chi connectivity index (χ2v) is 7.45. The van der Waals surface area contributed by atoms with Gasteiger partial charge in [0.25, 0.3) is 5.91 Å². The predicted molar refractivity (Wildman–Crippen MR) is 126 cm³/mol. The average molecular weight is 484 g/mol. The molecule has 34 heavy (non-hydrogen) atoms. The van der Waals surface area contributed by atoms with E-state index in [9.17, 15) is 19.5 Å². The Morgan fingerprint density at radius 2 is 1.91 bits per heavy atom. The van der Waals surface area contributed by atoms with Gasteiger partial charge in [-0.2, -0.15) is 5.10 Å². The summed E-state index contributed by atoms with van der Waals surface area (Å²) in [5, 5.41) is 15.8. The summed E-state index contributed by atoms with van der Waals surface area (Å²) in [6.07, 6.45) is 0.829. The first-order valence-corrected chi connectivity index (χ1v) is 10.7. The Balaban J connectivity index is 1.67. The highest BCUT2D eigenvalue weighted by Crippen LogP contribution is 2.26. The Bertz CT molecular complexity index is 1190. The number of alkyl carbamates (subject to hydrolysis) is 1. The third kappa shape index (κ3) is 6.69. The molecule has 10 heteroatoms. The highest BCUT2D eigenvalue weighted by molar-refractivity contribution is 6.33. The molecule has 1 atom stereocenters. The van der Waals surface area contributed by atoms with Crippen molar-refractivity contribution in [2.75, 3.05) is 6.61 Å². The van der Waals surface area contributed by atoms with Crippen molar-refractivity contribution in [1.82, 2.24) is 10.7 Å². The standard InChI is InChI=1S/C24H22ClN3O6/c1-2-33-24(32)27-20(12-15-6-4-3-5-7-15)22(29)28-26-14-17-9-11-21(34-17)16-8-10-19(25)18(13-16)23(30)31/h3-11,13-14,20H,2,12H2,1H3,(H,27,32)(H,28,29)(H,30,31)/b26-14-/t20-/m1/s1. The van der Waals surface area contributed by atoms with Crippen molar-refractivity contribution in [2.24, 2.45) is 5.10 Å². The van der Waals surface area contributed by atoms with E-state index in [1.165, 1.54) is 18.3 Å². The molecule has 3 N–H and O–H groups in total. The largest absolute Gasteiger partial charge is 0.478 e. The lowest BCUT2D eigenvalue weighted by molar-refractivity contribution is -0.123. The summed E-state index contributed by atoms with van der Waals surface area (Å²) in [6.45, 7) is 1.84. The van der Waals surface area contributed by atoms with Gasteiger partial charge in [0.05, 0.1) is 23.4 Å². The molecular formula is C24H22ClN3O6. The van der Waals surface area contributed by atoms with E-state index >= 15 is 0 Å². The molecule has 1 heterocycles. The van der Waals surface area contributed by atoms with Crippen molar-refractivity contribution >= 4 is 35.8 Å². The molecule has 0 fully saturated rings. The van der Waals surface area contributed by atoms with Crippen LogP contribution in [0.2, 0.25) is 5.02 Å². The van der Waals surface area contributed by atoms with E-state index in [0.29, 0.717) is 17.1 Å². The quantitative estimate of drug-likeness (QED) is 0.310. The number of nitrogens with one attached hydrogen (secondary N) is 2. The highest BCUT2D eigenvalue weighted by Gasteiger charge is 2.21. The maximum atomic E-state index is 12.6. The number of hydrazone groups is 1. The average Bonchev–Trinajstić information content (AvgIpc) is 3.28. The molecule has 0 aliphatic rings. The van der Waals surface area contributed by atoms with Crippen LogP contribution in [0.15, 0.2) is 70.2 Å². The molecule has 176 valence electrons. The lowest BCUT2D eigenvalue weighted by Gasteiger charge is -2.16. The number of hydrogen-bond donors (Lipinski definition) is 3. The number of rotatable bonds is 9. The van der Waals surface area contributed by atoms with Crippen molar-refractivity contribution in [3.05, 3.63) is 82.6 Å².